The van der Waals surface area contributed by atoms with Crippen LogP contribution in [0.2, 0.25) is 0 Å². The van der Waals surface area contributed by atoms with E-state index in [-0.39, 0.29) is 11.7 Å². The summed E-state index contributed by atoms with van der Waals surface area (Å²) >= 11 is 0. The highest BCUT2D eigenvalue weighted by atomic mass is 19.1. The van der Waals surface area contributed by atoms with Gasteiger partial charge in [-0.3, -0.25) is 0 Å². The van der Waals surface area contributed by atoms with Gasteiger partial charge in [-0.05, 0) is 67.1 Å². The zero-order chi connectivity index (χ0) is 23.7. The highest BCUT2D eigenvalue weighted by Crippen LogP contribution is 2.41. The summed E-state index contributed by atoms with van der Waals surface area (Å²) in [5.74, 6) is 0.673. The molecule has 0 aliphatic rings. The summed E-state index contributed by atoms with van der Waals surface area (Å²) < 4.78 is 21.4. The second-order valence-corrected chi connectivity index (χ2v) is 9.51. The van der Waals surface area contributed by atoms with Crippen LogP contribution < -0.4 is 0 Å². The fourth-order valence-corrected chi connectivity index (χ4v) is 5.09. The average molecular weight is 449 g/mol. The molecule has 0 atom stereocenters. The monoisotopic (exact) mass is 448 g/mol. The number of aromatic nitrogens is 2. The van der Waals surface area contributed by atoms with Crippen LogP contribution in [-0.2, 0) is 0 Å². The van der Waals surface area contributed by atoms with E-state index >= 15 is 0 Å². The minimum Gasteiger partial charge on any atom is -0.455 e. The fourth-order valence-electron chi connectivity index (χ4n) is 5.09. The molecule has 6 aromatic rings. The lowest BCUT2D eigenvalue weighted by atomic mass is 9.95. The highest BCUT2D eigenvalue weighted by molar-refractivity contribution is 6.15. The van der Waals surface area contributed by atoms with Crippen molar-refractivity contribution in [3.8, 4) is 11.3 Å². The predicted octanol–water partition coefficient (Wildman–Crippen LogP) is 8.54. The van der Waals surface area contributed by atoms with Crippen molar-refractivity contribution < 1.29 is 8.81 Å². The molecule has 0 bridgehead atoms. The van der Waals surface area contributed by atoms with Gasteiger partial charge in [0, 0.05) is 33.0 Å². The van der Waals surface area contributed by atoms with Crippen molar-refractivity contribution >= 4 is 43.6 Å². The van der Waals surface area contributed by atoms with E-state index < -0.39 is 0 Å². The molecule has 168 valence electrons. The van der Waals surface area contributed by atoms with Gasteiger partial charge in [-0.15, -0.1) is 0 Å². The van der Waals surface area contributed by atoms with Crippen LogP contribution in [0.5, 0.6) is 0 Å². The standard InChI is InChI=1S/C30H25FN2O/c1-15(2)30-32-27(21-13-11-19-14-17(4)26(31)18(5)25(19)28(21)33-30)22-12-10-16(3)24-20-8-6-7-9-23(20)34-29(22)24/h6-15H,1-5H3. The molecular formula is C30H25FN2O. The Bertz CT molecular complexity index is 1780. The first kappa shape index (κ1) is 20.8. The van der Waals surface area contributed by atoms with Crippen LogP contribution in [0, 0.1) is 26.6 Å². The van der Waals surface area contributed by atoms with E-state index in [0.717, 1.165) is 66.3 Å². The highest BCUT2D eigenvalue weighted by Gasteiger charge is 2.21. The van der Waals surface area contributed by atoms with Gasteiger partial charge in [-0.2, -0.15) is 0 Å². The molecule has 0 saturated carbocycles. The van der Waals surface area contributed by atoms with Gasteiger partial charge in [0.2, 0.25) is 0 Å². The van der Waals surface area contributed by atoms with Crippen LogP contribution in [0.25, 0.3) is 54.9 Å². The normalized spacial score (nSPS) is 12.1. The SMILES string of the molecule is Cc1cc2ccc3c(-c4ccc(C)c5c4oc4ccccc45)nc(C(C)C)nc3c2c(C)c1F. The number of fused-ring (bicyclic) bond motifs is 6. The van der Waals surface area contributed by atoms with Crippen LogP contribution in [0.1, 0.15) is 42.3 Å². The van der Waals surface area contributed by atoms with Gasteiger partial charge >= 0.3 is 0 Å². The predicted molar refractivity (Wildman–Crippen MR) is 138 cm³/mol. The van der Waals surface area contributed by atoms with Crippen molar-refractivity contribution in [2.24, 2.45) is 0 Å². The third-order valence-corrected chi connectivity index (χ3v) is 6.85. The van der Waals surface area contributed by atoms with Crippen LogP contribution in [-0.4, -0.2) is 9.97 Å². The first-order valence-corrected chi connectivity index (χ1v) is 11.7. The van der Waals surface area contributed by atoms with Crippen LogP contribution >= 0.6 is 0 Å². The lowest BCUT2D eigenvalue weighted by molar-refractivity contribution is 0.612. The molecule has 0 aliphatic carbocycles. The first-order valence-electron chi connectivity index (χ1n) is 11.7. The molecule has 0 unspecified atom stereocenters. The summed E-state index contributed by atoms with van der Waals surface area (Å²) in [6.07, 6.45) is 0. The molecule has 3 nitrogen and oxygen atoms in total. The number of hydrogen-bond donors (Lipinski definition) is 0. The molecule has 34 heavy (non-hydrogen) atoms. The number of hydrogen-bond acceptors (Lipinski definition) is 3. The molecule has 4 heteroatoms. The Morgan fingerprint density at radius 1 is 0.824 bits per heavy atom. The number of nitrogens with zero attached hydrogens (tertiary/aromatic N) is 2. The Morgan fingerprint density at radius 3 is 2.41 bits per heavy atom. The minimum absolute atomic E-state index is 0.116. The maximum atomic E-state index is 15.0. The van der Waals surface area contributed by atoms with E-state index in [2.05, 4.69) is 45.0 Å². The fraction of sp³-hybridized carbons (Fsp3) is 0.200. The van der Waals surface area contributed by atoms with E-state index in [1.165, 1.54) is 0 Å². The second-order valence-electron chi connectivity index (χ2n) is 9.51. The summed E-state index contributed by atoms with van der Waals surface area (Å²) in [7, 11) is 0. The Morgan fingerprint density at radius 2 is 1.62 bits per heavy atom. The molecule has 4 aromatic carbocycles. The van der Waals surface area contributed by atoms with Crippen molar-refractivity contribution in [1.82, 2.24) is 9.97 Å². The van der Waals surface area contributed by atoms with Gasteiger partial charge in [0.1, 0.15) is 22.8 Å². The topological polar surface area (TPSA) is 38.9 Å². The van der Waals surface area contributed by atoms with E-state index in [0.29, 0.717) is 11.1 Å². The summed E-state index contributed by atoms with van der Waals surface area (Å²) in [6.45, 7) is 9.92. The number of para-hydroxylation sites is 1. The Hall–Kier alpha value is -3.79. The van der Waals surface area contributed by atoms with Gasteiger partial charge in [-0.25, -0.2) is 14.4 Å². The summed E-state index contributed by atoms with van der Waals surface area (Å²) in [4.78, 5) is 9.98. The summed E-state index contributed by atoms with van der Waals surface area (Å²) in [5, 5.41) is 4.93. The third kappa shape index (κ3) is 2.88. The zero-order valence-corrected chi connectivity index (χ0v) is 20.0. The van der Waals surface area contributed by atoms with Crippen molar-refractivity contribution in [3.63, 3.8) is 0 Å². The van der Waals surface area contributed by atoms with Crippen LogP contribution in [0.4, 0.5) is 4.39 Å². The maximum Gasteiger partial charge on any atom is 0.145 e. The first-order chi connectivity index (χ1) is 16.3. The van der Waals surface area contributed by atoms with Gasteiger partial charge in [0.25, 0.3) is 0 Å². The Kier molecular flexibility index (Phi) is 4.50. The largest absolute Gasteiger partial charge is 0.455 e. The Labute approximate surface area is 197 Å². The lowest BCUT2D eigenvalue weighted by Gasteiger charge is -2.15. The smallest absolute Gasteiger partial charge is 0.145 e. The number of rotatable bonds is 2. The van der Waals surface area contributed by atoms with Crippen molar-refractivity contribution in [1.29, 1.82) is 0 Å². The summed E-state index contributed by atoms with van der Waals surface area (Å²) in [6, 6.07) is 18.3. The van der Waals surface area contributed by atoms with Gasteiger partial charge in [0.15, 0.2) is 0 Å². The molecule has 2 heterocycles. The van der Waals surface area contributed by atoms with Crippen molar-refractivity contribution in [3.05, 3.63) is 82.9 Å². The quantitative estimate of drug-likeness (QED) is 0.249. The molecule has 0 N–H and O–H groups in total. The Balaban J connectivity index is 1.80. The molecular weight excluding hydrogens is 423 g/mol. The van der Waals surface area contributed by atoms with Gasteiger partial charge in [0.05, 0.1) is 11.2 Å². The van der Waals surface area contributed by atoms with Crippen molar-refractivity contribution in [2.75, 3.05) is 0 Å². The van der Waals surface area contributed by atoms with Crippen molar-refractivity contribution in [2.45, 2.75) is 40.5 Å². The number of furan rings is 1. The average Bonchev–Trinajstić information content (AvgIpc) is 3.22. The molecule has 0 aliphatic heterocycles. The van der Waals surface area contributed by atoms with E-state index in [4.69, 9.17) is 14.4 Å². The van der Waals surface area contributed by atoms with Gasteiger partial charge in [-0.1, -0.05) is 44.2 Å². The molecule has 0 fully saturated rings. The molecule has 2 aromatic heterocycles. The van der Waals surface area contributed by atoms with Crippen LogP contribution in [0.15, 0.2) is 59.0 Å². The van der Waals surface area contributed by atoms with Crippen LogP contribution in [0.3, 0.4) is 0 Å². The minimum atomic E-state index is -0.179. The van der Waals surface area contributed by atoms with Gasteiger partial charge < -0.3 is 4.42 Å². The molecule has 0 spiro atoms. The second kappa shape index (κ2) is 7.36. The molecule has 0 radical (unpaired) electrons. The van der Waals surface area contributed by atoms with E-state index in [9.17, 15) is 4.39 Å². The van der Waals surface area contributed by atoms with E-state index in [1.54, 1.807) is 0 Å². The summed E-state index contributed by atoms with van der Waals surface area (Å²) in [5.41, 5.74) is 6.63. The molecule has 0 amide bonds. The molecule has 0 saturated heterocycles. The third-order valence-electron chi connectivity index (χ3n) is 6.85. The zero-order valence-electron chi connectivity index (χ0n) is 20.0. The number of aryl methyl sites for hydroxylation is 3. The van der Waals surface area contributed by atoms with E-state index in [1.807, 2.05) is 44.2 Å². The lowest BCUT2D eigenvalue weighted by Crippen LogP contribution is -2.02. The number of halogens is 1. The molecule has 6 rings (SSSR count). The number of benzene rings is 4. The maximum absolute atomic E-state index is 15.0.